The van der Waals surface area contributed by atoms with Gasteiger partial charge in [-0.2, -0.15) is 0 Å². The van der Waals surface area contributed by atoms with Gasteiger partial charge in [0.05, 0.1) is 18.8 Å². The number of rotatable bonds is 6. The average Bonchev–Trinajstić information content (AvgIpc) is 2.35. The topological polar surface area (TPSA) is 35.9 Å². The van der Waals surface area contributed by atoms with Gasteiger partial charge in [-0.1, -0.05) is 13.5 Å². The molecule has 0 radical (unpaired) electrons. The van der Waals surface area contributed by atoms with Crippen molar-refractivity contribution in [1.82, 2.24) is 9.80 Å². The lowest BCUT2D eigenvalue weighted by atomic mass is 10.2. The first-order valence-electron chi connectivity index (χ1n) is 6.28. The van der Waals surface area contributed by atoms with Crippen molar-refractivity contribution >= 4 is 11.7 Å². The van der Waals surface area contributed by atoms with Crippen LogP contribution >= 0.6 is 0 Å². The molecule has 0 bridgehead atoms. The van der Waals surface area contributed by atoms with Crippen LogP contribution in [0.5, 0.6) is 0 Å². The molecule has 0 saturated carbocycles. The fourth-order valence-corrected chi connectivity index (χ4v) is 1.38. The smallest absolute Gasteiger partial charge is 0.229 e. The largest absolute Gasteiger partial charge is 0.366 e. The molecule has 0 aromatic heterocycles. The molecule has 0 rings (SSSR count). The molecule has 0 aliphatic heterocycles. The highest BCUT2D eigenvalue weighted by molar-refractivity contribution is 5.80. The van der Waals surface area contributed by atoms with Gasteiger partial charge in [0.2, 0.25) is 5.91 Å². The molecule has 0 saturated heterocycles. The second-order valence-corrected chi connectivity index (χ2v) is 4.43. The molecular weight excluding hydrogens is 245 g/mol. The molecule has 0 atom stereocenters. The second-order valence-electron chi connectivity index (χ2n) is 4.43. The van der Waals surface area contributed by atoms with Gasteiger partial charge in [0.25, 0.3) is 0 Å². The zero-order chi connectivity index (χ0) is 15.0. The predicted molar refractivity (Wildman–Crippen MR) is 77.7 cm³/mol. The van der Waals surface area contributed by atoms with Gasteiger partial charge in [0, 0.05) is 26.8 Å². The Kier molecular flexibility index (Phi) is 7.72. The highest BCUT2D eigenvalue weighted by atomic mass is 19.1. The van der Waals surface area contributed by atoms with E-state index in [9.17, 15) is 9.18 Å². The van der Waals surface area contributed by atoms with Crippen LogP contribution < -0.4 is 0 Å². The Bertz CT molecular complexity index is 386. The van der Waals surface area contributed by atoms with E-state index in [1.54, 1.807) is 13.1 Å². The molecule has 0 N–H and O–H groups in total. The third-order valence-electron chi connectivity index (χ3n) is 2.76. The number of allylic oxidation sites excluding steroid dienone is 2. The number of amides is 1. The van der Waals surface area contributed by atoms with Crippen LogP contribution in [0.25, 0.3) is 0 Å². The van der Waals surface area contributed by atoms with Crippen molar-refractivity contribution in [2.45, 2.75) is 26.7 Å². The van der Waals surface area contributed by atoms with Gasteiger partial charge in [0.1, 0.15) is 5.84 Å². The van der Waals surface area contributed by atoms with Gasteiger partial charge < -0.3 is 9.80 Å². The maximum Gasteiger partial charge on any atom is 0.229 e. The summed E-state index contributed by atoms with van der Waals surface area (Å²) in [6.07, 6.45) is 2.31. The van der Waals surface area contributed by atoms with Gasteiger partial charge >= 0.3 is 0 Å². The second kappa shape index (κ2) is 8.45. The van der Waals surface area contributed by atoms with E-state index in [4.69, 9.17) is 0 Å². The van der Waals surface area contributed by atoms with E-state index in [0.29, 0.717) is 12.1 Å². The number of aliphatic imine (C=N–C) groups is 1. The van der Waals surface area contributed by atoms with Crippen LogP contribution in [-0.4, -0.2) is 49.4 Å². The zero-order valence-electron chi connectivity index (χ0n) is 12.5. The van der Waals surface area contributed by atoms with Crippen LogP contribution in [0.1, 0.15) is 26.7 Å². The van der Waals surface area contributed by atoms with Gasteiger partial charge in [-0.3, -0.25) is 9.18 Å². The molecule has 108 valence electrons. The average molecular weight is 269 g/mol. The standard InChI is InChI=1S/C14H24FN3O/c1-7-13(18(6)14(19)8-9-15)10-11(2)16-12(3)17(4)5/h10H,2,7-9H2,1,3-6H3/b13-10+,16-12?. The maximum atomic E-state index is 12.2. The van der Waals surface area contributed by atoms with Gasteiger partial charge in [-0.05, 0) is 19.4 Å². The Labute approximate surface area is 115 Å². The maximum absolute atomic E-state index is 12.2. The molecule has 0 aliphatic carbocycles. The van der Waals surface area contributed by atoms with Crippen molar-refractivity contribution < 1.29 is 9.18 Å². The van der Waals surface area contributed by atoms with Crippen LogP contribution in [0.15, 0.2) is 29.0 Å². The third-order valence-corrected chi connectivity index (χ3v) is 2.76. The van der Waals surface area contributed by atoms with Crippen LogP contribution in [0.4, 0.5) is 4.39 Å². The van der Waals surface area contributed by atoms with Gasteiger partial charge in [-0.15, -0.1) is 0 Å². The Morgan fingerprint density at radius 3 is 2.37 bits per heavy atom. The Morgan fingerprint density at radius 1 is 1.37 bits per heavy atom. The number of alkyl halides is 1. The first kappa shape index (κ1) is 17.4. The summed E-state index contributed by atoms with van der Waals surface area (Å²) in [4.78, 5) is 19.3. The lowest BCUT2D eigenvalue weighted by Gasteiger charge is -2.19. The fourth-order valence-electron chi connectivity index (χ4n) is 1.38. The molecule has 1 amide bonds. The zero-order valence-corrected chi connectivity index (χ0v) is 12.5. The summed E-state index contributed by atoms with van der Waals surface area (Å²) in [7, 11) is 5.43. The van der Waals surface area contributed by atoms with Crippen LogP contribution in [0.2, 0.25) is 0 Å². The SMILES string of the molecule is C=C(/C=C(\CC)N(C)C(=O)CCF)N=C(C)N(C)C. The highest BCUT2D eigenvalue weighted by Gasteiger charge is 2.11. The van der Waals surface area contributed by atoms with Crippen LogP contribution in [-0.2, 0) is 4.79 Å². The minimum atomic E-state index is -0.640. The molecule has 0 spiro atoms. The first-order valence-corrected chi connectivity index (χ1v) is 6.28. The molecular formula is C14H24FN3O. The van der Waals surface area contributed by atoms with Crippen molar-refractivity contribution in [1.29, 1.82) is 0 Å². The minimum absolute atomic E-state index is 0.0969. The van der Waals surface area contributed by atoms with E-state index >= 15 is 0 Å². The monoisotopic (exact) mass is 269 g/mol. The molecule has 4 nitrogen and oxygen atoms in total. The number of halogens is 1. The number of hydrogen-bond acceptors (Lipinski definition) is 2. The van der Waals surface area contributed by atoms with Crippen molar-refractivity contribution in [2.75, 3.05) is 27.8 Å². The van der Waals surface area contributed by atoms with E-state index in [2.05, 4.69) is 11.6 Å². The summed E-state index contributed by atoms with van der Waals surface area (Å²) in [5.41, 5.74) is 1.35. The van der Waals surface area contributed by atoms with Gasteiger partial charge in [-0.25, -0.2) is 4.99 Å². The lowest BCUT2D eigenvalue weighted by molar-refractivity contribution is -0.128. The summed E-state index contributed by atoms with van der Waals surface area (Å²) in [6.45, 7) is 7.02. The first-order chi connectivity index (χ1) is 8.83. The normalized spacial score (nSPS) is 12.3. The van der Waals surface area contributed by atoms with Crippen LogP contribution in [0.3, 0.4) is 0 Å². The van der Waals surface area contributed by atoms with E-state index < -0.39 is 6.67 Å². The minimum Gasteiger partial charge on any atom is -0.366 e. The van der Waals surface area contributed by atoms with Crippen molar-refractivity contribution in [2.24, 2.45) is 4.99 Å². The number of nitrogens with zero attached hydrogens (tertiary/aromatic N) is 3. The Hall–Kier alpha value is -1.65. The van der Waals surface area contributed by atoms with Crippen molar-refractivity contribution in [3.8, 4) is 0 Å². The van der Waals surface area contributed by atoms with Crippen LogP contribution in [0, 0.1) is 0 Å². The molecule has 0 aromatic carbocycles. The highest BCUT2D eigenvalue weighted by Crippen LogP contribution is 2.12. The third kappa shape index (κ3) is 6.18. The van der Waals surface area contributed by atoms with E-state index in [1.807, 2.05) is 32.8 Å². The summed E-state index contributed by atoms with van der Waals surface area (Å²) in [5, 5.41) is 0. The molecule has 0 aromatic rings. The lowest BCUT2D eigenvalue weighted by Crippen LogP contribution is -2.26. The molecule has 19 heavy (non-hydrogen) atoms. The van der Waals surface area contributed by atoms with E-state index in [1.165, 1.54) is 4.90 Å². The molecule has 0 fully saturated rings. The fraction of sp³-hybridized carbons (Fsp3) is 0.571. The summed E-state index contributed by atoms with van der Waals surface area (Å²) < 4.78 is 12.2. The Morgan fingerprint density at radius 2 is 1.95 bits per heavy atom. The number of amidine groups is 1. The number of hydrogen-bond donors (Lipinski definition) is 0. The number of carbonyl (C=O) groups excluding carboxylic acids is 1. The molecule has 0 heterocycles. The van der Waals surface area contributed by atoms with E-state index in [0.717, 1.165) is 11.5 Å². The van der Waals surface area contributed by atoms with Gasteiger partial charge in [0.15, 0.2) is 0 Å². The molecule has 0 unspecified atom stereocenters. The predicted octanol–water partition coefficient (Wildman–Crippen LogP) is 2.59. The molecule has 5 heteroatoms. The Balaban J connectivity index is 4.95. The summed E-state index contributed by atoms with van der Waals surface area (Å²) in [6, 6.07) is 0. The summed E-state index contributed by atoms with van der Waals surface area (Å²) in [5.74, 6) is 0.589. The van der Waals surface area contributed by atoms with Crippen molar-refractivity contribution in [3.63, 3.8) is 0 Å². The molecule has 0 aliphatic rings. The quantitative estimate of drug-likeness (QED) is 0.422. The van der Waals surface area contributed by atoms with E-state index in [-0.39, 0.29) is 12.3 Å². The summed E-state index contributed by atoms with van der Waals surface area (Å²) >= 11 is 0. The van der Waals surface area contributed by atoms with Crippen molar-refractivity contribution in [3.05, 3.63) is 24.0 Å². The number of carbonyl (C=O) groups is 1.